The van der Waals surface area contributed by atoms with Gasteiger partial charge in [-0.05, 0) is 23.3 Å². The fraction of sp³-hybridized carbons (Fsp3) is 0.391. The van der Waals surface area contributed by atoms with E-state index in [1.807, 2.05) is 4.90 Å². The number of ether oxygens (including phenoxy) is 1. The van der Waals surface area contributed by atoms with Crippen LogP contribution in [0.3, 0.4) is 0 Å². The van der Waals surface area contributed by atoms with Gasteiger partial charge in [0.25, 0.3) is 0 Å². The summed E-state index contributed by atoms with van der Waals surface area (Å²) in [7, 11) is 0. The first-order valence-electron chi connectivity index (χ1n) is 10.3. The molecule has 0 heterocycles. The molecule has 164 valence electrons. The van der Waals surface area contributed by atoms with Crippen molar-refractivity contribution in [1.29, 1.82) is 0 Å². The first kappa shape index (κ1) is 21.6. The van der Waals surface area contributed by atoms with Gasteiger partial charge in [0.1, 0.15) is 18.5 Å². The smallest absolute Gasteiger partial charge is 0.198 e. The van der Waals surface area contributed by atoms with Gasteiger partial charge in [0, 0.05) is 42.7 Å². The van der Waals surface area contributed by atoms with Gasteiger partial charge in [0.05, 0.1) is 24.9 Å². The third-order valence-electron chi connectivity index (χ3n) is 5.91. The molecule has 2 aromatic rings. The van der Waals surface area contributed by atoms with Crippen LogP contribution in [-0.4, -0.2) is 82.5 Å². The Labute approximate surface area is 179 Å². The Morgan fingerprint density at radius 3 is 2.29 bits per heavy atom. The summed E-state index contributed by atoms with van der Waals surface area (Å²) < 4.78 is 5.83. The van der Waals surface area contributed by atoms with E-state index in [-0.39, 0.29) is 60.1 Å². The number of carbonyl (C=O) groups is 2. The van der Waals surface area contributed by atoms with Gasteiger partial charge >= 0.3 is 0 Å². The van der Waals surface area contributed by atoms with E-state index in [2.05, 4.69) is 0 Å². The van der Waals surface area contributed by atoms with Gasteiger partial charge in [-0.1, -0.05) is 18.2 Å². The highest BCUT2D eigenvalue weighted by Crippen LogP contribution is 2.40. The monoisotopic (exact) mass is 427 g/mol. The summed E-state index contributed by atoms with van der Waals surface area (Å²) in [6.07, 6.45) is -1.95. The number of hydrogen-bond acceptors (Lipinski definition) is 8. The van der Waals surface area contributed by atoms with Crippen LogP contribution in [0.25, 0.3) is 0 Å². The molecule has 2 unspecified atom stereocenters. The number of fused-ring (bicyclic) bond motifs is 4. The van der Waals surface area contributed by atoms with Crippen molar-refractivity contribution >= 4 is 11.6 Å². The number of rotatable bonds is 8. The topological polar surface area (TPSA) is 128 Å². The predicted octanol–water partition coefficient (Wildman–Crippen LogP) is 0.0778. The highest BCUT2D eigenvalue weighted by atomic mass is 16.5. The number of hydrogen-bond donors (Lipinski definition) is 4. The van der Waals surface area contributed by atoms with Gasteiger partial charge in [-0.25, -0.2) is 0 Å². The van der Waals surface area contributed by atoms with E-state index >= 15 is 0 Å². The van der Waals surface area contributed by atoms with Crippen molar-refractivity contribution in [3.8, 4) is 5.75 Å². The van der Waals surface area contributed by atoms with Gasteiger partial charge in [0.15, 0.2) is 11.6 Å². The zero-order chi connectivity index (χ0) is 22.1. The third-order valence-corrected chi connectivity index (χ3v) is 5.91. The minimum absolute atomic E-state index is 0.0434. The zero-order valence-electron chi connectivity index (χ0n) is 17.0. The highest BCUT2D eigenvalue weighted by molar-refractivity contribution is 6.30. The lowest BCUT2D eigenvalue weighted by atomic mass is 9.80. The number of aliphatic hydroxyl groups excluding tert-OH is 4. The number of aliphatic hydroxyl groups is 4. The Morgan fingerprint density at radius 1 is 0.903 bits per heavy atom. The van der Waals surface area contributed by atoms with Crippen molar-refractivity contribution in [3.63, 3.8) is 0 Å². The Balaban J connectivity index is 1.63. The summed E-state index contributed by atoms with van der Waals surface area (Å²) in [4.78, 5) is 28.4. The van der Waals surface area contributed by atoms with Crippen LogP contribution >= 0.6 is 0 Å². The molecule has 2 aliphatic carbocycles. The molecule has 0 aromatic heterocycles. The van der Waals surface area contributed by atoms with E-state index in [9.17, 15) is 19.8 Å². The molecule has 0 fully saturated rings. The molecule has 31 heavy (non-hydrogen) atoms. The lowest BCUT2D eigenvalue weighted by Crippen LogP contribution is -2.33. The lowest BCUT2D eigenvalue weighted by molar-refractivity contribution is 0.0326. The average Bonchev–Trinajstić information content (AvgIpc) is 3.05. The molecule has 0 saturated heterocycles. The molecule has 4 rings (SSSR count). The molecule has 0 bridgehead atoms. The molecule has 4 N–H and O–H groups in total. The minimum atomic E-state index is -1.07. The van der Waals surface area contributed by atoms with E-state index in [1.165, 1.54) is 6.07 Å². The first-order valence-corrected chi connectivity index (χ1v) is 10.3. The summed E-state index contributed by atoms with van der Waals surface area (Å²) >= 11 is 0. The molecule has 8 nitrogen and oxygen atoms in total. The fourth-order valence-corrected chi connectivity index (χ4v) is 4.38. The summed E-state index contributed by atoms with van der Waals surface area (Å²) in [6, 6.07) is 7.99. The van der Waals surface area contributed by atoms with E-state index in [4.69, 9.17) is 14.9 Å². The number of carbonyl (C=O) groups excluding carboxylic acids is 2. The highest BCUT2D eigenvalue weighted by Gasteiger charge is 2.39. The summed E-state index contributed by atoms with van der Waals surface area (Å²) in [6.45, 7) is 1.35. The van der Waals surface area contributed by atoms with E-state index in [0.29, 0.717) is 36.5 Å². The Morgan fingerprint density at radius 2 is 1.58 bits per heavy atom. The molecule has 0 spiro atoms. The second kappa shape index (κ2) is 8.86. The van der Waals surface area contributed by atoms with E-state index in [1.54, 1.807) is 24.3 Å². The zero-order valence-corrected chi connectivity index (χ0v) is 17.0. The van der Waals surface area contributed by atoms with Crippen LogP contribution in [0.1, 0.15) is 49.1 Å². The van der Waals surface area contributed by atoms with Gasteiger partial charge in [0.2, 0.25) is 0 Å². The third kappa shape index (κ3) is 3.77. The number of ketones is 2. The van der Waals surface area contributed by atoms with Crippen LogP contribution in [0, 0.1) is 0 Å². The molecule has 2 aliphatic rings. The molecular formula is C23H25NO7. The van der Waals surface area contributed by atoms with E-state index in [0.717, 1.165) is 0 Å². The van der Waals surface area contributed by atoms with Crippen LogP contribution in [0.4, 0.5) is 0 Å². The van der Waals surface area contributed by atoms with Crippen LogP contribution in [0.2, 0.25) is 0 Å². The van der Waals surface area contributed by atoms with Crippen LogP contribution in [0.5, 0.6) is 5.75 Å². The van der Waals surface area contributed by atoms with Gasteiger partial charge in [-0.2, -0.15) is 0 Å². The fourth-order valence-electron chi connectivity index (χ4n) is 4.38. The number of nitrogens with zero attached hydrogens (tertiary/aromatic N) is 1. The molecule has 2 aromatic carbocycles. The molecule has 0 radical (unpaired) electrons. The van der Waals surface area contributed by atoms with Crippen molar-refractivity contribution in [2.75, 3.05) is 39.5 Å². The second-order valence-electron chi connectivity index (χ2n) is 7.75. The van der Waals surface area contributed by atoms with Crippen molar-refractivity contribution in [2.24, 2.45) is 0 Å². The second-order valence-corrected chi connectivity index (χ2v) is 7.75. The van der Waals surface area contributed by atoms with Gasteiger partial charge < -0.3 is 25.2 Å². The van der Waals surface area contributed by atoms with Gasteiger partial charge in [-0.15, -0.1) is 0 Å². The molecule has 8 heteroatoms. The lowest BCUT2D eigenvalue weighted by Gasteiger charge is -2.24. The average molecular weight is 427 g/mol. The van der Waals surface area contributed by atoms with Crippen LogP contribution in [-0.2, 0) is 6.42 Å². The summed E-state index contributed by atoms with van der Waals surface area (Å²) in [5.41, 5.74) is 1.94. The maximum atomic E-state index is 13.3. The van der Waals surface area contributed by atoms with Crippen molar-refractivity contribution < 1.29 is 34.8 Å². The molecule has 0 saturated carbocycles. The van der Waals surface area contributed by atoms with Crippen molar-refractivity contribution in [3.05, 3.63) is 63.7 Å². The Hall–Kier alpha value is -2.62. The quantitative estimate of drug-likeness (QED) is 0.398. The molecule has 2 atom stereocenters. The largest absolute Gasteiger partial charge is 0.491 e. The Kier molecular flexibility index (Phi) is 6.17. The van der Waals surface area contributed by atoms with E-state index < -0.39 is 12.2 Å². The summed E-state index contributed by atoms with van der Waals surface area (Å²) in [5.74, 6) is -0.355. The van der Waals surface area contributed by atoms with Crippen LogP contribution in [0.15, 0.2) is 30.3 Å². The molecule has 0 amide bonds. The van der Waals surface area contributed by atoms with Gasteiger partial charge in [-0.3, -0.25) is 14.5 Å². The van der Waals surface area contributed by atoms with Crippen molar-refractivity contribution in [2.45, 2.75) is 18.6 Å². The molecular weight excluding hydrogens is 402 g/mol. The minimum Gasteiger partial charge on any atom is -0.491 e. The Bertz CT molecular complexity index is 1010. The SMILES string of the molecule is O=C1c2ccc3c(c2C(=O)c2cccc(OCCN(CCO)CCO)c21)CC(O)C3O. The molecule has 0 aliphatic heterocycles. The predicted molar refractivity (Wildman–Crippen MR) is 111 cm³/mol. The normalized spacial score (nSPS) is 19.4. The standard InChI is InChI=1S/C23H25NO7/c25-9-6-24(7-10-26)8-11-31-18-3-1-2-14-20(18)23(30)15-5-4-13-16(19(15)22(14)29)12-17(27)21(13)28/h1-5,17,21,25-28H,6-12H2. The maximum Gasteiger partial charge on any atom is 0.198 e. The first-order chi connectivity index (χ1) is 15.0. The van der Waals surface area contributed by atoms with Crippen LogP contribution < -0.4 is 4.74 Å². The van der Waals surface area contributed by atoms with Crippen molar-refractivity contribution in [1.82, 2.24) is 4.90 Å². The number of benzene rings is 2. The summed E-state index contributed by atoms with van der Waals surface area (Å²) in [5, 5.41) is 38.4. The maximum absolute atomic E-state index is 13.3.